The minimum Gasteiger partial charge on any atom is -0.469 e. The van der Waals surface area contributed by atoms with E-state index in [0.717, 1.165) is 83.5 Å². The molecule has 0 radical (unpaired) electrons. The molecule has 0 unspecified atom stereocenters. The van der Waals surface area contributed by atoms with Crippen molar-refractivity contribution in [2.75, 3.05) is 52.5 Å². The largest absolute Gasteiger partial charge is 0.469 e. The molecule has 0 spiro atoms. The number of nitrogens with zero attached hydrogens (tertiary/aromatic N) is 2. The molecule has 2 heterocycles. The van der Waals surface area contributed by atoms with Gasteiger partial charge < -0.3 is 19.8 Å². The molecule has 1 aliphatic heterocycles. The molecule has 1 aromatic rings. The minimum atomic E-state index is 0.828. The standard InChI is InChI=1S/C18H32N4O2/c1-2-3-8-19-18(21-10-7-17-6-4-14-24-17)20-9-5-11-22-12-15-23-16-13-22/h4,6,14H,2-3,5,7-13,15-16H2,1H3,(H2,19,20,21). The van der Waals surface area contributed by atoms with E-state index in [2.05, 4.69) is 22.5 Å². The Labute approximate surface area is 145 Å². The molecule has 0 aliphatic carbocycles. The summed E-state index contributed by atoms with van der Waals surface area (Å²) in [5.74, 6) is 1.92. The van der Waals surface area contributed by atoms with Gasteiger partial charge >= 0.3 is 0 Å². The van der Waals surface area contributed by atoms with Crippen LogP contribution >= 0.6 is 0 Å². The third kappa shape index (κ3) is 7.84. The van der Waals surface area contributed by atoms with Crippen LogP contribution in [0.1, 0.15) is 31.9 Å². The predicted molar refractivity (Wildman–Crippen MR) is 97.5 cm³/mol. The predicted octanol–water partition coefficient (Wildman–Crippen LogP) is 1.88. The summed E-state index contributed by atoms with van der Waals surface area (Å²) >= 11 is 0. The van der Waals surface area contributed by atoms with Gasteiger partial charge in [-0.25, -0.2) is 0 Å². The van der Waals surface area contributed by atoms with Crippen LogP contribution in [0.25, 0.3) is 0 Å². The van der Waals surface area contributed by atoms with E-state index in [1.807, 2.05) is 12.1 Å². The molecule has 2 rings (SSSR count). The van der Waals surface area contributed by atoms with E-state index in [1.54, 1.807) is 6.26 Å². The van der Waals surface area contributed by atoms with Gasteiger partial charge in [0.25, 0.3) is 0 Å². The Balaban J connectivity index is 1.66. The fourth-order valence-electron chi connectivity index (χ4n) is 2.63. The van der Waals surface area contributed by atoms with Crippen LogP contribution in [0.15, 0.2) is 27.8 Å². The third-order valence-electron chi connectivity index (χ3n) is 4.07. The van der Waals surface area contributed by atoms with Crippen LogP contribution in [-0.4, -0.2) is 63.3 Å². The molecule has 0 bridgehead atoms. The van der Waals surface area contributed by atoms with E-state index in [1.165, 1.54) is 6.42 Å². The fourth-order valence-corrected chi connectivity index (χ4v) is 2.63. The highest BCUT2D eigenvalue weighted by molar-refractivity contribution is 5.79. The zero-order valence-electron chi connectivity index (χ0n) is 14.9. The van der Waals surface area contributed by atoms with E-state index in [0.29, 0.717) is 0 Å². The summed E-state index contributed by atoms with van der Waals surface area (Å²) in [6.07, 6.45) is 6.01. The lowest BCUT2D eigenvalue weighted by atomic mass is 10.3. The van der Waals surface area contributed by atoms with Crippen molar-refractivity contribution < 1.29 is 9.15 Å². The Morgan fingerprint density at radius 3 is 2.79 bits per heavy atom. The number of hydrogen-bond donors (Lipinski definition) is 2. The summed E-state index contributed by atoms with van der Waals surface area (Å²) in [6.45, 7) is 9.76. The van der Waals surface area contributed by atoms with E-state index in [9.17, 15) is 0 Å². The summed E-state index contributed by atoms with van der Waals surface area (Å²) in [4.78, 5) is 7.16. The van der Waals surface area contributed by atoms with Crippen molar-refractivity contribution in [1.82, 2.24) is 15.5 Å². The zero-order valence-corrected chi connectivity index (χ0v) is 14.9. The van der Waals surface area contributed by atoms with Crippen molar-refractivity contribution in [3.05, 3.63) is 24.2 Å². The SMILES string of the molecule is CCCCNC(=NCCCN1CCOCC1)NCCc1ccco1. The number of hydrogen-bond acceptors (Lipinski definition) is 4. The Hall–Kier alpha value is -1.53. The van der Waals surface area contributed by atoms with E-state index >= 15 is 0 Å². The maximum absolute atomic E-state index is 5.38. The molecule has 136 valence electrons. The van der Waals surface area contributed by atoms with E-state index in [4.69, 9.17) is 14.1 Å². The molecule has 6 nitrogen and oxygen atoms in total. The topological polar surface area (TPSA) is 62.0 Å². The highest BCUT2D eigenvalue weighted by atomic mass is 16.5. The first kappa shape index (κ1) is 18.8. The van der Waals surface area contributed by atoms with Crippen LogP contribution in [0.4, 0.5) is 0 Å². The third-order valence-corrected chi connectivity index (χ3v) is 4.07. The first-order valence-electron chi connectivity index (χ1n) is 9.23. The van der Waals surface area contributed by atoms with Gasteiger partial charge in [-0.3, -0.25) is 9.89 Å². The van der Waals surface area contributed by atoms with Crippen LogP contribution in [-0.2, 0) is 11.2 Å². The van der Waals surface area contributed by atoms with Crippen molar-refractivity contribution in [3.63, 3.8) is 0 Å². The van der Waals surface area contributed by atoms with Gasteiger partial charge in [0.05, 0.1) is 19.5 Å². The molecule has 24 heavy (non-hydrogen) atoms. The number of guanidine groups is 1. The Kier molecular flexibility index (Phi) is 9.34. The molecule has 0 aromatic carbocycles. The molecule has 0 amide bonds. The Morgan fingerprint density at radius 1 is 1.21 bits per heavy atom. The molecular formula is C18H32N4O2. The van der Waals surface area contributed by atoms with Gasteiger partial charge in [0.1, 0.15) is 5.76 Å². The molecule has 0 saturated carbocycles. The maximum atomic E-state index is 5.38. The second-order valence-corrected chi connectivity index (χ2v) is 6.07. The maximum Gasteiger partial charge on any atom is 0.191 e. The van der Waals surface area contributed by atoms with Crippen molar-refractivity contribution in [2.45, 2.75) is 32.6 Å². The van der Waals surface area contributed by atoms with Crippen molar-refractivity contribution >= 4 is 5.96 Å². The zero-order chi connectivity index (χ0) is 16.9. The number of ether oxygens (including phenoxy) is 1. The Morgan fingerprint density at radius 2 is 2.04 bits per heavy atom. The molecule has 6 heteroatoms. The van der Waals surface area contributed by atoms with E-state index in [-0.39, 0.29) is 0 Å². The van der Waals surface area contributed by atoms with Gasteiger partial charge in [0.15, 0.2) is 5.96 Å². The lowest BCUT2D eigenvalue weighted by Gasteiger charge is -2.26. The molecule has 1 aliphatic rings. The van der Waals surface area contributed by atoms with Crippen LogP contribution < -0.4 is 10.6 Å². The summed E-state index contributed by atoms with van der Waals surface area (Å²) in [7, 11) is 0. The average Bonchev–Trinajstić information content (AvgIpc) is 3.13. The van der Waals surface area contributed by atoms with Crippen molar-refractivity contribution in [2.24, 2.45) is 4.99 Å². The Bertz CT molecular complexity index is 442. The van der Waals surface area contributed by atoms with Crippen molar-refractivity contribution in [1.29, 1.82) is 0 Å². The van der Waals surface area contributed by atoms with Crippen LogP contribution in [0.2, 0.25) is 0 Å². The normalized spacial score (nSPS) is 16.3. The van der Waals surface area contributed by atoms with E-state index < -0.39 is 0 Å². The number of morpholine rings is 1. The van der Waals surface area contributed by atoms with Crippen LogP contribution in [0.5, 0.6) is 0 Å². The number of unbranched alkanes of at least 4 members (excludes halogenated alkanes) is 1. The smallest absolute Gasteiger partial charge is 0.191 e. The van der Waals surface area contributed by atoms with Gasteiger partial charge in [-0.1, -0.05) is 13.3 Å². The van der Waals surface area contributed by atoms with Gasteiger partial charge in [-0.2, -0.15) is 0 Å². The first-order chi connectivity index (χ1) is 11.9. The number of nitrogens with one attached hydrogen (secondary N) is 2. The monoisotopic (exact) mass is 336 g/mol. The highest BCUT2D eigenvalue weighted by Crippen LogP contribution is 2.00. The lowest BCUT2D eigenvalue weighted by Crippen LogP contribution is -2.39. The highest BCUT2D eigenvalue weighted by Gasteiger charge is 2.09. The fraction of sp³-hybridized carbons (Fsp3) is 0.722. The van der Waals surface area contributed by atoms with Gasteiger partial charge in [-0.15, -0.1) is 0 Å². The van der Waals surface area contributed by atoms with Gasteiger partial charge in [0.2, 0.25) is 0 Å². The first-order valence-corrected chi connectivity index (χ1v) is 9.23. The summed E-state index contributed by atoms with van der Waals surface area (Å²) in [6, 6.07) is 3.93. The average molecular weight is 336 g/mol. The van der Waals surface area contributed by atoms with Crippen LogP contribution in [0.3, 0.4) is 0 Å². The number of rotatable bonds is 10. The van der Waals surface area contributed by atoms with Gasteiger partial charge in [0, 0.05) is 45.7 Å². The van der Waals surface area contributed by atoms with Gasteiger partial charge in [-0.05, 0) is 25.0 Å². The minimum absolute atomic E-state index is 0.828. The molecular weight excluding hydrogens is 304 g/mol. The number of furan rings is 1. The number of aliphatic imine (C=N–C) groups is 1. The lowest BCUT2D eigenvalue weighted by molar-refractivity contribution is 0.0377. The summed E-state index contributed by atoms with van der Waals surface area (Å²) < 4.78 is 10.7. The molecule has 0 atom stereocenters. The molecule has 2 N–H and O–H groups in total. The second-order valence-electron chi connectivity index (χ2n) is 6.07. The van der Waals surface area contributed by atoms with Crippen LogP contribution in [0, 0.1) is 0 Å². The summed E-state index contributed by atoms with van der Waals surface area (Å²) in [5.41, 5.74) is 0. The quantitative estimate of drug-likeness (QED) is 0.388. The molecule has 1 saturated heterocycles. The molecule has 1 aromatic heterocycles. The summed E-state index contributed by atoms with van der Waals surface area (Å²) in [5, 5.41) is 6.81. The van der Waals surface area contributed by atoms with Crippen molar-refractivity contribution in [3.8, 4) is 0 Å². The molecule has 1 fully saturated rings. The second kappa shape index (κ2) is 11.9.